The zero-order valence-corrected chi connectivity index (χ0v) is 11.3. The van der Waals surface area contributed by atoms with Crippen LogP contribution in [-0.2, 0) is 11.3 Å². The number of rotatable bonds is 5. The zero-order chi connectivity index (χ0) is 12.3. The molecule has 4 heteroatoms. The van der Waals surface area contributed by atoms with Crippen LogP contribution < -0.4 is 10.6 Å². The van der Waals surface area contributed by atoms with Crippen LogP contribution in [0.15, 0.2) is 11.4 Å². The summed E-state index contributed by atoms with van der Waals surface area (Å²) in [5.74, 6) is 0.843. The predicted molar refractivity (Wildman–Crippen MR) is 72.3 cm³/mol. The van der Waals surface area contributed by atoms with Gasteiger partial charge in [0.15, 0.2) is 0 Å². The molecule has 1 aromatic rings. The van der Waals surface area contributed by atoms with Gasteiger partial charge in [0.05, 0.1) is 5.69 Å². The topological polar surface area (TPSA) is 41.1 Å². The molecule has 1 heterocycles. The minimum absolute atomic E-state index is 0.00306. The molecule has 1 amide bonds. The molecular formula is C13H20N2OS. The molecule has 2 N–H and O–H groups in total. The monoisotopic (exact) mass is 252 g/mol. The van der Waals surface area contributed by atoms with Gasteiger partial charge in [0, 0.05) is 24.4 Å². The molecule has 1 aromatic heterocycles. The molecule has 2 rings (SSSR count). The maximum Gasteiger partial charge on any atom is 0.221 e. The van der Waals surface area contributed by atoms with E-state index in [0.717, 1.165) is 18.2 Å². The molecule has 0 radical (unpaired) electrons. The Kier molecular flexibility index (Phi) is 4.18. The third kappa shape index (κ3) is 3.30. The van der Waals surface area contributed by atoms with Gasteiger partial charge in [0.2, 0.25) is 5.91 Å². The second-order valence-electron chi connectivity index (χ2n) is 4.80. The summed E-state index contributed by atoms with van der Waals surface area (Å²) in [6.45, 7) is 4.66. The van der Waals surface area contributed by atoms with Crippen molar-refractivity contribution in [2.24, 2.45) is 5.92 Å². The second kappa shape index (κ2) is 5.65. The fourth-order valence-electron chi connectivity index (χ4n) is 2.14. The highest BCUT2D eigenvalue weighted by molar-refractivity contribution is 7.10. The van der Waals surface area contributed by atoms with E-state index >= 15 is 0 Å². The molecule has 1 fully saturated rings. The number of hydrogen-bond acceptors (Lipinski definition) is 3. The van der Waals surface area contributed by atoms with Crippen LogP contribution in [0.25, 0.3) is 0 Å². The summed E-state index contributed by atoms with van der Waals surface area (Å²) in [6.07, 6.45) is 4.10. The van der Waals surface area contributed by atoms with Crippen molar-refractivity contribution in [3.05, 3.63) is 16.3 Å². The van der Waals surface area contributed by atoms with Gasteiger partial charge in [-0.25, -0.2) is 0 Å². The van der Waals surface area contributed by atoms with Crippen molar-refractivity contribution in [2.45, 2.75) is 45.7 Å². The molecule has 1 aliphatic carbocycles. The number of amides is 1. The van der Waals surface area contributed by atoms with Crippen molar-refractivity contribution in [2.75, 3.05) is 5.32 Å². The van der Waals surface area contributed by atoms with Crippen LogP contribution in [0, 0.1) is 5.92 Å². The van der Waals surface area contributed by atoms with Crippen LogP contribution >= 0.6 is 11.3 Å². The fraction of sp³-hybridized carbons (Fsp3) is 0.615. The average molecular weight is 252 g/mol. The summed E-state index contributed by atoms with van der Waals surface area (Å²) >= 11 is 1.69. The van der Waals surface area contributed by atoms with Gasteiger partial charge in [-0.2, -0.15) is 0 Å². The van der Waals surface area contributed by atoms with Crippen LogP contribution in [0.1, 0.15) is 38.0 Å². The Morgan fingerprint density at radius 1 is 1.59 bits per heavy atom. The van der Waals surface area contributed by atoms with E-state index in [2.05, 4.69) is 17.6 Å². The molecule has 1 saturated carbocycles. The summed E-state index contributed by atoms with van der Waals surface area (Å²) in [7, 11) is 0. The lowest BCUT2D eigenvalue weighted by molar-refractivity contribution is -0.114. The Morgan fingerprint density at radius 3 is 2.94 bits per heavy atom. The van der Waals surface area contributed by atoms with Gasteiger partial charge in [-0.15, -0.1) is 11.3 Å². The molecule has 0 bridgehead atoms. The maximum absolute atomic E-state index is 11.0. The van der Waals surface area contributed by atoms with E-state index in [1.54, 1.807) is 18.3 Å². The molecule has 1 atom stereocenters. The lowest BCUT2D eigenvalue weighted by Crippen LogP contribution is -2.36. The van der Waals surface area contributed by atoms with Crippen LogP contribution in [0.2, 0.25) is 0 Å². The highest BCUT2D eigenvalue weighted by Gasteiger charge is 2.23. The second-order valence-corrected chi connectivity index (χ2v) is 5.80. The van der Waals surface area contributed by atoms with E-state index in [1.807, 2.05) is 11.4 Å². The first kappa shape index (κ1) is 12.6. The van der Waals surface area contributed by atoms with Gasteiger partial charge >= 0.3 is 0 Å². The molecule has 0 aromatic carbocycles. The molecule has 0 aliphatic heterocycles. The number of hydrogen-bond donors (Lipinski definition) is 2. The fourth-order valence-corrected chi connectivity index (χ4v) is 2.92. The van der Waals surface area contributed by atoms with Gasteiger partial charge in [0.25, 0.3) is 0 Å². The maximum atomic E-state index is 11.0. The molecule has 3 nitrogen and oxygen atoms in total. The average Bonchev–Trinajstić information content (AvgIpc) is 2.58. The van der Waals surface area contributed by atoms with Gasteiger partial charge in [-0.05, 0) is 37.1 Å². The van der Waals surface area contributed by atoms with Crippen molar-refractivity contribution in [1.29, 1.82) is 0 Å². The van der Waals surface area contributed by atoms with Crippen LogP contribution in [0.5, 0.6) is 0 Å². The molecule has 1 aliphatic rings. The number of carbonyl (C=O) groups excluding carboxylic acids is 1. The van der Waals surface area contributed by atoms with Crippen molar-refractivity contribution in [3.63, 3.8) is 0 Å². The summed E-state index contributed by atoms with van der Waals surface area (Å²) in [5, 5.41) is 8.45. The van der Waals surface area contributed by atoms with Gasteiger partial charge < -0.3 is 10.6 Å². The summed E-state index contributed by atoms with van der Waals surface area (Å²) in [5.41, 5.74) is 0.954. The number of anilines is 1. The largest absolute Gasteiger partial charge is 0.325 e. The van der Waals surface area contributed by atoms with E-state index < -0.39 is 0 Å². The molecule has 17 heavy (non-hydrogen) atoms. The summed E-state index contributed by atoms with van der Waals surface area (Å²) < 4.78 is 0. The first-order valence-corrected chi connectivity index (χ1v) is 7.12. The van der Waals surface area contributed by atoms with Gasteiger partial charge in [0.1, 0.15) is 0 Å². The normalized spacial score (nSPS) is 17.5. The van der Waals surface area contributed by atoms with Crippen LogP contribution in [0.4, 0.5) is 5.69 Å². The van der Waals surface area contributed by atoms with Crippen LogP contribution in [-0.4, -0.2) is 11.9 Å². The van der Waals surface area contributed by atoms with Crippen LogP contribution in [0.3, 0.4) is 0 Å². The lowest BCUT2D eigenvalue weighted by Gasteiger charge is -2.32. The first-order chi connectivity index (χ1) is 8.16. The Hall–Kier alpha value is -0.870. The Balaban J connectivity index is 1.85. The standard InChI is InChI=1S/C13H20N2OS/c1-9(11-4-3-5-11)14-8-13-12(6-7-17-13)15-10(2)16/h6-7,9,11,14H,3-5,8H2,1-2H3,(H,15,16). The molecular weight excluding hydrogens is 232 g/mol. The SMILES string of the molecule is CC(=O)Nc1ccsc1CNC(C)C1CCC1. The molecule has 94 valence electrons. The number of thiophene rings is 1. The Morgan fingerprint density at radius 2 is 2.35 bits per heavy atom. The summed E-state index contributed by atoms with van der Waals surface area (Å²) in [6, 6.07) is 2.55. The van der Waals surface area contributed by atoms with Crippen molar-refractivity contribution in [1.82, 2.24) is 5.32 Å². The van der Waals surface area contributed by atoms with Crippen molar-refractivity contribution in [3.8, 4) is 0 Å². The predicted octanol–water partition coefficient (Wildman–Crippen LogP) is 2.98. The Bertz CT molecular complexity index is 385. The minimum atomic E-state index is -0.00306. The van der Waals surface area contributed by atoms with Crippen molar-refractivity contribution < 1.29 is 4.79 Å². The molecule has 1 unspecified atom stereocenters. The number of carbonyl (C=O) groups is 1. The molecule has 0 saturated heterocycles. The van der Waals surface area contributed by atoms with Crippen molar-refractivity contribution >= 4 is 22.9 Å². The first-order valence-electron chi connectivity index (χ1n) is 6.24. The zero-order valence-electron chi connectivity index (χ0n) is 10.5. The van der Waals surface area contributed by atoms with E-state index in [-0.39, 0.29) is 5.91 Å². The van der Waals surface area contributed by atoms with Gasteiger partial charge in [-0.1, -0.05) is 6.42 Å². The third-order valence-electron chi connectivity index (χ3n) is 3.50. The highest BCUT2D eigenvalue weighted by Crippen LogP contribution is 2.30. The quantitative estimate of drug-likeness (QED) is 0.846. The minimum Gasteiger partial charge on any atom is -0.325 e. The van der Waals surface area contributed by atoms with Gasteiger partial charge in [-0.3, -0.25) is 4.79 Å². The highest BCUT2D eigenvalue weighted by atomic mass is 32.1. The lowest BCUT2D eigenvalue weighted by atomic mass is 9.80. The molecule has 0 spiro atoms. The smallest absolute Gasteiger partial charge is 0.221 e. The van der Waals surface area contributed by atoms with E-state index in [9.17, 15) is 4.79 Å². The van der Waals surface area contributed by atoms with E-state index in [4.69, 9.17) is 0 Å². The van der Waals surface area contributed by atoms with E-state index in [0.29, 0.717) is 6.04 Å². The Labute approximate surface area is 107 Å². The number of nitrogens with one attached hydrogen (secondary N) is 2. The van der Waals surface area contributed by atoms with E-state index in [1.165, 1.54) is 24.1 Å². The summed E-state index contributed by atoms with van der Waals surface area (Å²) in [4.78, 5) is 12.3. The third-order valence-corrected chi connectivity index (χ3v) is 4.42.